The van der Waals surface area contributed by atoms with Gasteiger partial charge in [0.1, 0.15) is 17.2 Å². The van der Waals surface area contributed by atoms with E-state index in [1.807, 2.05) is 24.3 Å². The number of carbonyl (C=O) groups is 1. The number of pyridine rings is 2. The average molecular weight is 509 g/mol. The van der Waals surface area contributed by atoms with Crippen molar-refractivity contribution in [3.05, 3.63) is 83.8 Å². The molecule has 0 saturated carbocycles. The lowest BCUT2D eigenvalue weighted by Crippen LogP contribution is -2.47. The number of hydrogen-bond donors (Lipinski definition) is 4. The summed E-state index contributed by atoms with van der Waals surface area (Å²) in [4.78, 5) is 22.6. The molecule has 2 aromatic heterocycles. The van der Waals surface area contributed by atoms with Crippen LogP contribution in [0.5, 0.6) is 0 Å². The summed E-state index contributed by atoms with van der Waals surface area (Å²) in [5, 5.41) is 17.0. The molecule has 0 saturated heterocycles. The normalized spacial score (nSPS) is 12.4. The SMILES string of the molecule is CCN(CCc1ccc(C(=O)Nc2cccc(/C(=N/N)N(N)C(C)CO)n2)nc1)Sc1ccccc1. The number of aliphatic hydroxyl groups excluding tert-OH is 1. The maximum atomic E-state index is 12.7. The highest BCUT2D eigenvalue weighted by Gasteiger charge is 2.18. The second-order valence-electron chi connectivity index (χ2n) is 7.98. The van der Waals surface area contributed by atoms with Gasteiger partial charge < -0.3 is 16.3 Å². The lowest BCUT2D eigenvalue weighted by atomic mass is 10.2. The molecule has 0 radical (unpaired) electrons. The number of nitrogens with zero attached hydrogens (tertiary/aromatic N) is 5. The van der Waals surface area contributed by atoms with Crippen LogP contribution in [-0.2, 0) is 6.42 Å². The van der Waals surface area contributed by atoms with Gasteiger partial charge in [-0.3, -0.25) is 14.8 Å². The van der Waals surface area contributed by atoms with Crippen LogP contribution in [0.1, 0.15) is 35.6 Å². The van der Waals surface area contributed by atoms with Crippen molar-refractivity contribution < 1.29 is 9.90 Å². The molecule has 10 nitrogen and oxygen atoms in total. The first-order chi connectivity index (χ1) is 17.4. The highest BCUT2D eigenvalue weighted by atomic mass is 32.2. The first kappa shape index (κ1) is 27.1. The highest BCUT2D eigenvalue weighted by molar-refractivity contribution is 7.97. The minimum absolute atomic E-state index is 0.182. The molecule has 1 aromatic carbocycles. The van der Waals surface area contributed by atoms with E-state index in [4.69, 9.17) is 11.7 Å². The molecule has 0 aliphatic heterocycles. The number of likely N-dealkylation sites (N-methyl/N-ethyl adjacent to an activating group) is 1. The number of benzene rings is 1. The van der Waals surface area contributed by atoms with Crippen molar-refractivity contribution in [3.63, 3.8) is 0 Å². The smallest absolute Gasteiger partial charge is 0.275 e. The van der Waals surface area contributed by atoms with Crippen molar-refractivity contribution in [2.45, 2.75) is 31.2 Å². The number of hydrazine groups is 1. The Morgan fingerprint density at radius 3 is 2.56 bits per heavy atom. The summed E-state index contributed by atoms with van der Waals surface area (Å²) in [6, 6.07) is 18.5. The molecule has 0 aliphatic rings. The van der Waals surface area contributed by atoms with Gasteiger partial charge in [0.15, 0.2) is 5.84 Å². The van der Waals surface area contributed by atoms with E-state index in [-0.39, 0.29) is 24.0 Å². The maximum absolute atomic E-state index is 12.7. The van der Waals surface area contributed by atoms with Gasteiger partial charge in [-0.2, -0.15) is 5.10 Å². The van der Waals surface area contributed by atoms with Gasteiger partial charge in [-0.1, -0.05) is 37.3 Å². The van der Waals surface area contributed by atoms with E-state index in [0.717, 1.165) is 25.1 Å². The number of rotatable bonds is 11. The van der Waals surface area contributed by atoms with Crippen molar-refractivity contribution >= 4 is 29.5 Å². The topological polar surface area (TPSA) is 146 Å². The Bertz CT molecular complexity index is 1140. The summed E-state index contributed by atoms with van der Waals surface area (Å²) in [5.74, 6) is 11.6. The van der Waals surface area contributed by atoms with Crippen LogP contribution < -0.4 is 17.0 Å². The number of aromatic nitrogens is 2. The third kappa shape index (κ3) is 7.49. The van der Waals surface area contributed by atoms with Crippen LogP contribution in [0.15, 0.2) is 76.9 Å². The molecule has 190 valence electrons. The Hall–Kier alpha value is -3.51. The Kier molecular flexibility index (Phi) is 10.2. The molecule has 36 heavy (non-hydrogen) atoms. The summed E-state index contributed by atoms with van der Waals surface area (Å²) < 4.78 is 2.29. The van der Waals surface area contributed by atoms with Crippen LogP contribution in [0.4, 0.5) is 5.82 Å². The van der Waals surface area contributed by atoms with E-state index in [1.54, 1.807) is 49.3 Å². The molecule has 1 amide bonds. The number of hydrogen-bond acceptors (Lipinski definition) is 9. The lowest BCUT2D eigenvalue weighted by molar-refractivity contribution is 0.102. The van der Waals surface area contributed by atoms with E-state index in [0.29, 0.717) is 11.5 Å². The second kappa shape index (κ2) is 13.5. The zero-order valence-corrected chi connectivity index (χ0v) is 21.2. The first-order valence-corrected chi connectivity index (χ1v) is 12.4. The van der Waals surface area contributed by atoms with E-state index in [1.165, 1.54) is 9.90 Å². The van der Waals surface area contributed by atoms with Crippen LogP contribution in [0, 0.1) is 0 Å². The number of anilines is 1. The molecule has 0 fully saturated rings. The van der Waals surface area contributed by atoms with Crippen LogP contribution in [0.3, 0.4) is 0 Å². The Morgan fingerprint density at radius 1 is 1.14 bits per heavy atom. The third-order valence-electron chi connectivity index (χ3n) is 5.36. The van der Waals surface area contributed by atoms with E-state index < -0.39 is 6.04 Å². The number of amides is 1. The van der Waals surface area contributed by atoms with E-state index in [2.05, 4.69) is 43.7 Å². The van der Waals surface area contributed by atoms with Crippen LogP contribution in [0.25, 0.3) is 0 Å². The molecule has 0 aliphatic carbocycles. The number of carbonyl (C=O) groups excluding carboxylic acids is 1. The van der Waals surface area contributed by atoms with E-state index >= 15 is 0 Å². The zero-order valence-electron chi connectivity index (χ0n) is 20.4. The fourth-order valence-electron chi connectivity index (χ4n) is 3.23. The molecule has 1 unspecified atom stereocenters. The molecule has 1 atom stereocenters. The molecule has 11 heteroatoms. The van der Waals surface area contributed by atoms with Gasteiger partial charge in [-0.15, -0.1) is 0 Å². The number of nitrogens with one attached hydrogen (secondary N) is 1. The van der Waals surface area contributed by atoms with Crippen molar-refractivity contribution in [2.24, 2.45) is 16.8 Å². The van der Waals surface area contributed by atoms with Gasteiger partial charge in [0.25, 0.3) is 5.91 Å². The summed E-state index contributed by atoms with van der Waals surface area (Å²) in [6.07, 6.45) is 2.54. The van der Waals surface area contributed by atoms with Gasteiger partial charge in [-0.05, 0) is 61.2 Å². The van der Waals surface area contributed by atoms with Crippen molar-refractivity contribution in [1.82, 2.24) is 19.3 Å². The minimum Gasteiger partial charge on any atom is -0.394 e. The highest BCUT2D eigenvalue weighted by Crippen LogP contribution is 2.22. The monoisotopic (exact) mass is 508 g/mol. The quantitative estimate of drug-likeness (QED) is 0.101. The molecule has 0 spiro atoms. The van der Waals surface area contributed by atoms with Gasteiger partial charge in [0, 0.05) is 24.2 Å². The summed E-state index contributed by atoms with van der Waals surface area (Å²) in [7, 11) is 0. The van der Waals surface area contributed by atoms with Crippen molar-refractivity contribution in [2.75, 3.05) is 25.0 Å². The standard InChI is InChI=1S/C25H32N8O2S/c1-3-32(36-20-8-5-4-6-9-20)15-14-19-12-13-22(28-16-19)25(35)30-23-11-7-10-21(29-23)24(31-26)33(27)18(2)17-34/h4-13,16,18,34H,3,14-15,17,26-27H2,1-2H3,(H,29,30,35)/b31-24-. The van der Waals surface area contributed by atoms with Crippen LogP contribution in [-0.4, -0.2) is 61.9 Å². The fourth-order valence-corrected chi connectivity index (χ4v) is 4.12. The minimum atomic E-state index is -0.420. The predicted octanol–water partition coefficient (Wildman–Crippen LogP) is 2.48. The van der Waals surface area contributed by atoms with Gasteiger partial charge >= 0.3 is 0 Å². The fraction of sp³-hybridized carbons (Fsp3) is 0.280. The van der Waals surface area contributed by atoms with Crippen LogP contribution in [0.2, 0.25) is 0 Å². The molecular formula is C25H32N8O2S. The number of nitrogens with two attached hydrogens (primary N) is 2. The van der Waals surface area contributed by atoms with E-state index in [9.17, 15) is 9.90 Å². The molecule has 6 N–H and O–H groups in total. The summed E-state index contributed by atoms with van der Waals surface area (Å²) in [6.45, 7) is 5.43. The molecule has 3 rings (SSSR count). The Labute approximate surface area is 215 Å². The zero-order chi connectivity index (χ0) is 25.9. The maximum Gasteiger partial charge on any atom is 0.275 e. The van der Waals surface area contributed by atoms with Gasteiger partial charge in [-0.25, -0.2) is 15.1 Å². The number of amidine groups is 1. The van der Waals surface area contributed by atoms with Crippen molar-refractivity contribution in [1.29, 1.82) is 0 Å². The summed E-state index contributed by atoms with van der Waals surface area (Å²) >= 11 is 1.73. The number of hydrazone groups is 1. The second-order valence-corrected chi connectivity index (χ2v) is 9.15. The van der Waals surface area contributed by atoms with Crippen molar-refractivity contribution in [3.8, 4) is 0 Å². The molecule has 2 heterocycles. The summed E-state index contributed by atoms with van der Waals surface area (Å²) in [5.41, 5.74) is 1.68. The van der Waals surface area contributed by atoms with Gasteiger partial charge in [0.2, 0.25) is 0 Å². The first-order valence-electron chi connectivity index (χ1n) is 11.6. The Morgan fingerprint density at radius 2 is 1.92 bits per heavy atom. The Balaban J connectivity index is 1.59. The third-order valence-corrected chi connectivity index (χ3v) is 6.55. The predicted molar refractivity (Wildman–Crippen MR) is 143 cm³/mol. The molecule has 3 aromatic rings. The number of aliphatic hydroxyl groups is 1. The molecule has 0 bridgehead atoms. The lowest BCUT2D eigenvalue weighted by Gasteiger charge is -2.25. The average Bonchev–Trinajstić information content (AvgIpc) is 2.92. The van der Waals surface area contributed by atoms with Crippen LogP contribution >= 0.6 is 11.9 Å². The largest absolute Gasteiger partial charge is 0.394 e. The van der Waals surface area contributed by atoms with Gasteiger partial charge in [0.05, 0.1) is 12.6 Å². The molecular weight excluding hydrogens is 476 g/mol.